The zero-order chi connectivity index (χ0) is 20.9. The van der Waals surface area contributed by atoms with Gasteiger partial charge in [-0.3, -0.25) is 4.79 Å². The number of pyridine rings is 1. The molecule has 3 aromatic rings. The van der Waals surface area contributed by atoms with Crippen LogP contribution in [-0.2, 0) is 11.4 Å². The summed E-state index contributed by atoms with van der Waals surface area (Å²) in [6.45, 7) is 3.21. The summed E-state index contributed by atoms with van der Waals surface area (Å²) in [4.78, 5) is 17.9. The zero-order valence-corrected chi connectivity index (χ0v) is 15.8. The van der Waals surface area contributed by atoms with Gasteiger partial charge < -0.3 is 20.2 Å². The minimum Gasteiger partial charge on any atom is -0.396 e. The quantitative estimate of drug-likeness (QED) is 0.662. The Hall–Kier alpha value is -3.26. The van der Waals surface area contributed by atoms with Crippen molar-refractivity contribution in [1.29, 1.82) is 0 Å². The van der Waals surface area contributed by atoms with E-state index in [-0.39, 0.29) is 34.5 Å². The number of hydrogen-bond donors (Lipinski definition) is 2. The summed E-state index contributed by atoms with van der Waals surface area (Å²) in [7, 11) is 0. The van der Waals surface area contributed by atoms with Gasteiger partial charge in [0.1, 0.15) is 17.7 Å². The van der Waals surface area contributed by atoms with Crippen LogP contribution in [0.5, 0.6) is 0 Å². The molecule has 3 N–H and O–H groups in total. The standard InChI is InChI=1S/C21H19F2N3O3/c1-10-21(11(2)29-25-10)12-3-4-14-18(5-12)26(13(9-27)6-20(14)28)19-8-17(24)15(22)7-16(19)23/h3-8,11,21,27H,9,24H2,1-2H3. The molecule has 0 radical (unpaired) electrons. The van der Waals surface area contributed by atoms with Crippen molar-refractivity contribution < 1.29 is 18.7 Å². The van der Waals surface area contributed by atoms with Crippen LogP contribution in [0.4, 0.5) is 14.5 Å². The lowest BCUT2D eigenvalue weighted by Crippen LogP contribution is -2.18. The minimum absolute atomic E-state index is 0.0591. The molecule has 4 rings (SSSR count). The first kappa shape index (κ1) is 19.1. The van der Waals surface area contributed by atoms with Gasteiger partial charge in [0.25, 0.3) is 0 Å². The van der Waals surface area contributed by atoms with Gasteiger partial charge in [0.2, 0.25) is 0 Å². The van der Waals surface area contributed by atoms with Crippen LogP contribution in [0.1, 0.15) is 31.0 Å². The highest BCUT2D eigenvalue weighted by atomic mass is 19.1. The number of rotatable bonds is 3. The molecule has 0 saturated heterocycles. The van der Waals surface area contributed by atoms with E-state index in [9.17, 15) is 18.7 Å². The van der Waals surface area contributed by atoms with E-state index in [2.05, 4.69) is 5.16 Å². The third-order valence-corrected chi connectivity index (χ3v) is 5.22. The van der Waals surface area contributed by atoms with Gasteiger partial charge in [0.15, 0.2) is 5.43 Å². The van der Waals surface area contributed by atoms with Crippen molar-refractivity contribution in [2.24, 2.45) is 5.16 Å². The van der Waals surface area contributed by atoms with Gasteiger partial charge in [-0.05, 0) is 37.6 Å². The van der Waals surface area contributed by atoms with Crippen LogP contribution in [-0.4, -0.2) is 21.5 Å². The predicted octanol–water partition coefficient (Wildman–Crippen LogP) is 3.22. The second-order valence-electron chi connectivity index (χ2n) is 7.12. The molecule has 0 amide bonds. The third-order valence-electron chi connectivity index (χ3n) is 5.22. The van der Waals surface area contributed by atoms with Gasteiger partial charge in [-0.25, -0.2) is 8.78 Å². The SMILES string of the molecule is CC1=NOC(C)C1c1ccc2c(=O)cc(CO)n(-c3cc(N)c(F)cc3F)c2c1. The number of aromatic nitrogens is 1. The predicted molar refractivity (Wildman–Crippen MR) is 106 cm³/mol. The largest absolute Gasteiger partial charge is 0.396 e. The number of halogens is 2. The molecular formula is C21H19F2N3O3. The van der Waals surface area contributed by atoms with E-state index in [0.29, 0.717) is 17.0 Å². The van der Waals surface area contributed by atoms with Crippen LogP contribution in [0.3, 0.4) is 0 Å². The Bertz CT molecular complexity index is 1220. The first-order valence-electron chi connectivity index (χ1n) is 9.06. The smallest absolute Gasteiger partial charge is 0.189 e. The van der Waals surface area contributed by atoms with Crippen molar-refractivity contribution >= 4 is 22.3 Å². The summed E-state index contributed by atoms with van der Waals surface area (Å²) >= 11 is 0. The Labute approximate surface area is 164 Å². The maximum atomic E-state index is 14.7. The summed E-state index contributed by atoms with van der Waals surface area (Å²) in [6.07, 6.45) is -0.202. The Balaban J connectivity index is 2.06. The molecule has 29 heavy (non-hydrogen) atoms. The van der Waals surface area contributed by atoms with Crippen LogP contribution in [0.25, 0.3) is 16.6 Å². The number of hydrogen-bond acceptors (Lipinski definition) is 5. The maximum Gasteiger partial charge on any atom is 0.189 e. The lowest BCUT2D eigenvalue weighted by Gasteiger charge is -2.20. The molecule has 0 saturated carbocycles. The van der Waals surface area contributed by atoms with Crippen molar-refractivity contribution in [2.45, 2.75) is 32.5 Å². The fourth-order valence-electron chi connectivity index (χ4n) is 3.85. The van der Waals surface area contributed by atoms with Gasteiger partial charge in [0.05, 0.1) is 40.8 Å². The molecule has 2 atom stereocenters. The van der Waals surface area contributed by atoms with Crippen molar-refractivity contribution in [3.05, 3.63) is 69.5 Å². The van der Waals surface area contributed by atoms with Crippen molar-refractivity contribution in [2.75, 3.05) is 5.73 Å². The summed E-state index contributed by atoms with van der Waals surface area (Å²) in [6, 6.07) is 8.25. The van der Waals surface area contributed by atoms with Crippen LogP contribution >= 0.6 is 0 Å². The molecule has 0 fully saturated rings. The molecule has 2 aromatic carbocycles. The average Bonchev–Trinajstić information content (AvgIpc) is 3.03. The Morgan fingerprint density at radius 3 is 2.62 bits per heavy atom. The van der Waals surface area contributed by atoms with Crippen LogP contribution < -0.4 is 11.2 Å². The molecule has 2 heterocycles. The number of aliphatic hydroxyl groups is 1. The van der Waals surface area contributed by atoms with Gasteiger partial charge in [-0.2, -0.15) is 0 Å². The maximum absolute atomic E-state index is 14.7. The van der Waals surface area contributed by atoms with Crippen molar-refractivity contribution in [3.63, 3.8) is 0 Å². The van der Waals surface area contributed by atoms with Crippen LogP contribution in [0.15, 0.2) is 46.3 Å². The normalized spacial score (nSPS) is 18.7. The number of oxime groups is 1. The lowest BCUT2D eigenvalue weighted by atomic mass is 9.90. The average molecular weight is 399 g/mol. The number of aliphatic hydroxyl groups excluding tert-OH is 1. The molecule has 2 unspecified atom stereocenters. The van der Waals surface area contributed by atoms with E-state index in [0.717, 1.165) is 17.3 Å². The van der Waals surface area contributed by atoms with Gasteiger partial charge in [-0.1, -0.05) is 11.2 Å². The topological polar surface area (TPSA) is 89.8 Å². The number of anilines is 1. The fourth-order valence-corrected chi connectivity index (χ4v) is 3.85. The van der Waals surface area contributed by atoms with Crippen LogP contribution in [0.2, 0.25) is 0 Å². The summed E-state index contributed by atoms with van der Waals surface area (Å²) < 4.78 is 29.7. The van der Waals surface area contributed by atoms with E-state index in [1.807, 2.05) is 13.8 Å². The highest BCUT2D eigenvalue weighted by molar-refractivity contribution is 5.91. The molecule has 1 aromatic heterocycles. The summed E-state index contributed by atoms with van der Waals surface area (Å²) in [5.74, 6) is -1.88. The summed E-state index contributed by atoms with van der Waals surface area (Å²) in [5, 5.41) is 14.2. The first-order valence-corrected chi connectivity index (χ1v) is 9.06. The number of nitrogens with two attached hydrogens (primary N) is 1. The van der Waals surface area contributed by atoms with Crippen molar-refractivity contribution in [3.8, 4) is 5.69 Å². The number of fused-ring (bicyclic) bond motifs is 1. The van der Waals surface area contributed by atoms with E-state index in [4.69, 9.17) is 10.6 Å². The van der Waals surface area contributed by atoms with Gasteiger partial charge in [0, 0.05) is 17.5 Å². The Morgan fingerprint density at radius 1 is 1.21 bits per heavy atom. The van der Waals surface area contributed by atoms with Crippen LogP contribution in [0, 0.1) is 11.6 Å². The molecule has 8 heteroatoms. The van der Waals surface area contributed by atoms with E-state index in [1.54, 1.807) is 18.2 Å². The zero-order valence-electron chi connectivity index (χ0n) is 15.8. The summed E-state index contributed by atoms with van der Waals surface area (Å²) in [5.41, 5.74) is 7.16. The van der Waals surface area contributed by atoms with E-state index in [1.165, 1.54) is 10.6 Å². The molecule has 150 valence electrons. The molecule has 6 nitrogen and oxygen atoms in total. The molecule has 0 aliphatic carbocycles. The minimum atomic E-state index is -0.883. The molecule has 0 spiro atoms. The third kappa shape index (κ3) is 3.05. The molecule has 1 aliphatic heterocycles. The van der Waals surface area contributed by atoms with E-state index >= 15 is 0 Å². The molecular weight excluding hydrogens is 380 g/mol. The highest BCUT2D eigenvalue weighted by Crippen LogP contribution is 2.32. The fraction of sp³-hybridized carbons (Fsp3) is 0.238. The van der Waals surface area contributed by atoms with Gasteiger partial charge in [-0.15, -0.1) is 0 Å². The second-order valence-corrected chi connectivity index (χ2v) is 7.12. The second kappa shape index (κ2) is 6.97. The molecule has 0 bridgehead atoms. The van der Waals surface area contributed by atoms with E-state index < -0.39 is 18.2 Å². The number of nitrogens with zero attached hydrogens (tertiary/aromatic N) is 2. The first-order chi connectivity index (χ1) is 13.8. The number of nitrogen functional groups attached to an aromatic ring is 1. The Kier molecular flexibility index (Phi) is 4.58. The Morgan fingerprint density at radius 2 is 1.97 bits per heavy atom. The number of benzene rings is 2. The molecule has 1 aliphatic rings. The van der Waals surface area contributed by atoms with Crippen molar-refractivity contribution in [1.82, 2.24) is 4.57 Å². The van der Waals surface area contributed by atoms with Gasteiger partial charge >= 0.3 is 0 Å². The lowest BCUT2D eigenvalue weighted by molar-refractivity contribution is 0.0905. The monoisotopic (exact) mass is 399 g/mol. The highest BCUT2D eigenvalue weighted by Gasteiger charge is 2.30.